The highest BCUT2D eigenvalue weighted by Crippen LogP contribution is 2.17. The van der Waals surface area contributed by atoms with Gasteiger partial charge in [0.15, 0.2) is 0 Å². The normalized spacial score (nSPS) is 10.4. The van der Waals surface area contributed by atoms with Gasteiger partial charge >= 0.3 is 0 Å². The second-order valence-electron chi connectivity index (χ2n) is 5.52. The average molecular weight is 269 g/mol. The lowest BCUT2D eigenvalue weighted by Crippen LogP contribution is -2.38. The molecule has 0 radical (unpaired) electrons. The van der Waals surface area contributed by atoms with Gasteiger partial charge in [0.1, 0.15) is 0 Å². The summed E-state index contributed by atoms with van der Waals surface area (Å²) in [6, 6.07) is 12.9. The number of nitrogens with one attached hydrogen (secondary N) is 2. The Hall–Kier alpha value is -2.00. The van der Waals surface area contributed by atoms with E-state index in [1.807, 2.05) is 12.1 Å². The summed E-state index contributed by atoms with van der Waals surface area (Å²) in [5.41, 5.74) is 13.7. The second-order valence-corrected chi connectivity index (χ2v) is 5.52. The van der Waals surface area contributed by atoms with E-state index >= 15 is 0 Å². The Kier molecular flexibility index (Phi) is 4.30. The Morgan fingerprint density at radius 3 is 1.65 bits per heavy atom. The van der Waals surface area contributed by atoms with Gasteiger partial charge in [0.25, 0.3) is 0 Å². The molecule has 106 valence electrons. The minimum absolute atomic E-state index is 1.07. The highest BCUT2D eigenvalue weighted by atomic mass is 15.7. The maximum Gasteiger partial charge on any atom is 0.0539 e. The Morgan fingerprint density at radius 1 is 0.700 bits per heavy atom. The first-order valence-corrected chi connectivity index (χ1v) is 6.86. The van der Waals surface area contributed by atoms with Crippen LogP contribution in [0.2, 0.25) is 0 Å². The van der Waals surface area contributed by atoms with E-state index in [9.17, 15) is 0 Å². The SMILES string of the molecule is Cc1cc(C)cc(NNN(C)c2cc(C)cc(C)c2)c1. The molecule has 0 bridgehead atoms. The zero-order chi connectivity index (χ0) is 14.7. The topological polar surface area (TPSA) is 27.3 Å². The second kappa shape index (κ2) is 5.97. The first-order chi connectivity index (χ1) is 9.44. The number of anilines is 2. The molecular weight excluding hydrogens is 246 g/mol. The highest BCUT2D eigenvalue weighted by molar-refractivity contribution is 5.52. The summed E-state index contributed by atoms with van der Waals surface area (Å²) in [6.45, 7) is 8.43. The third kappa shape index (κ3) is 3.75. The first-order valence-electron chi connectivity index (χ1n) is 6.86. The smallest absolute Gasteiger partial charge is 0.0539 e. The van der Waals surface area contributed by atoms with Crippen LogP contribution in [0.25, 0.3) is 0 Å². The van der Waals surface area contributed by atoms with Crippen molar-refractivity contribution in [2.45, 2.75) is 27.7 Å². The molecule has 2 N–H and O–H groups in total. The maximum absolute atomic E-state index is 3.24. The molecule has 2 aromatic carbocycles. The molecule has 0 aliphatic rings. The van der Waals surface area contributed by atoms with Crippen molar-refractivity contribution in [1.29, 1.82) is 0 Å². The summed E-state index contributed by atoms with van der Waals surface area (Å²) in [7, 11) is 2.00. The predicted molar refractivity (Wildman–Crippen MR) is 87.0 cm³/mol. The summed E-state index contributed by atoms with van der Waals surface area (Å²) in [5.74, 6) is 0. The summed E-state index contributed by atoms with van der Waals surface area (Å²) >= 11 is 0. The van der Waals surface area contributed by atoms with Crippen LogP contribution < -0.4 is 16.0 Å². The molecule has 0 amide bonds. The molecule has 0 spiro atoms. The molecule has 0 atom stereocenters. The largest absolute Gasteiger partial charge is 0.304 e. The number of hydrogen-bond donors (Lipinski definition) is 2. The fraction of sp³-hybridized carbons (Fsp3) is 0.294. The minimum atomic E-state index is 1.07. The van der Waals surface area contributed by atoms with Gasteiger partial charge in [-0.05, 0) is 74.2 Å². The van der Waals surface area contributed by atoms with Crippen molar-refractivity contribution in [3.8, 4) is 0 Å². The molecule has 0 unspecified atom stereocenters. The van der Waals surface area contributed by atoms with Crippen molar-refractivity contribution < 1.29 is 0 Å². The summed E-state index contributed by atoms with van der Waals surface area (Å²) in [5, 5.41) is 1.98. The number of rotatable bonds is 4. The van der Waals surface area contributed by atoms with Crippen molar-refractivity contribution in [3.05, 3.63) is 58.7 Å². The molecule has 2 rings (SSSR count). The van der Waals surface area contributed by atoms with E-state index in [0.29, 0.717) is 0 Å². The van der Waals surface area contributed by atoms with Gasteiger partial charge in [0, 0.05) is 7.05 Å². The van der Waals surface area contributed by atoms with Gasteiger partial charge in [-0.1, -0.05) is 12.1 Å². The zero-order valence-corrected chi connectivity index (χ0v) is 12.9. The molecule has 0 aromatic heterocycles. The summed E-state index contributed by atoms with van der Waals surface area (Å²) < 4.78 is 0. The van der Waals surface area contributed by atoms with Gasteiger partial charge in [-0.2, -0.15) is 0 Å². The van der Waals surface area contributed by atoms with Crippen molar-refractivity contribution in [1.82, 2.24) is 5.53 Å². The van der Waals surface area contributed by atoms with Crippen LogP contribution in [-0.2, 0) is 0 Å². The van der Waals surface area contributed by atoms with E-state index in [2.05, 4.69) is 75.1 Å². The van der Waals surface area contributed by atoms with Crippen LogP contribution >= 0.6 is 0 Å². The van der Waals surface area contributed by atoms with Crippen molar-refractivity contribution in [3.63, 3.8) is 0 Å². The van der Waals surface area contributed by atoms with Gasteiger partial charge in [0.05, 0.1) is 11.4 Å². The zero-order valence-electron chi connectivity index (χ0n) is 12.9. The van der Waals surface area contributed by atoms with E-state index in [-0.39, 0.29) is 0 Å². The molecule has 0 heterocycles. The Balaban J connectivity index is 2.06. The molecule has 3 nitrogen and oxygen atoms in total. The van der Waals surface area contributed by atoms with E-state index in [0.717, 1.165) is 11.4 Å². The van der Waals surface area contributed by atoms with Crippen molar-refractivity contribution >= 4 is 11.4 Å². The van der Waals surface area contributed by atoms with Crippen LogP contribution in [0.5, 0.6) is 0 Å². The van der Waals surface area contributed by atoms with Crippen molar-refractivity contribution in [2.24, 2.45) is 0 Å². The van der Waals surface area contributed by atoms with Crippen LogP contribution in [-0.4, -0.2) is 7.05 Å². The van der Waals surface area contributed by atoms with Gasteiger partial charge in [0.2, 0.25) is 0 Å². The monoisotopic (exact) mass is 269 g/mol. The third-order valence-corrected chi connectivity index (χ3v) is 3.18. The van der Waals surface area contributed by atoms with Crippen LogP contribution in [0.15, 0.2) is 36.4 Å². The molecule has 2 aromatic rings. The first kappa shape index (κ1) is 14.4. The molecular formula is C17H23N3. The van der Waals surface area contributed by atoms with E-state index in [4.69, 9.17) is 0 Å². The molecule has 3 heteroatoms. The molecule has 0 aliphatic heterocycles. The number of benzene rings is 2. The fourth-order valence-electron chi connectivity index (χ4n) is 2.40. The predicted octanol–water partition coefficient (Wildman–Crippen LogP) is 3.89. The lowest BCUT2D eigenvalue weighted by Gasteiger charge is -2.22. The summed E-state index contributed by atoms with van der Waals surface area (Å²) in [4.78, 5) is 0. The van der Waals surface area contributed by atoms with Crippen LogP contribution in [0.3, 0.4) is 0 Å². The van der Waals surface area contributed by atoms with Gasteiger partial charge < -0.3 is 5.43 Å². The van der Waals surface area contributed by atoms with Crippen molar-refractivity contribution in [2.75, 3.05) is 17.5 Å². The molecule has 0 fully saturated rings. The fourth-order valence-corrected chi connectivity index (χ4v) is 2.40. The number of aryl methyl sites for hydroxylation is 4. The lowest BCUT2D eigenvalue weighted by molar-refractivity contribution is 0.776. The van der Waals surface area contributed by atoms with Crippen LogP contribution in [0.4, 0.5) is 11.4 Å². The van der Waals surface area contributed by atoms with Gasteiger partial charge in [-0.15, -0.1) is 5.53 Å². The quantitative estimate of drug-likeness (QED) is 0.825. The lowest BCUT2D eigenvalue weighted by atomic mass is 10.1. The van der Waals surface area contributed by atoms with E-state index in [1.165, 1.54) is 22.3 Å². The van der Waals surface area contributed by atoms with Gasteiger partial charge in [-0.25, -0.2) is 0 Å². The summed E-state index contributed by atoms with van der Waals surface area (Å²) in [6.07, 6.45) is 0. The van der Waals surface area contributed by atoms with Gasteiger partial charge in [-0.3, -0.25) is 5.01 Å². The highest BCUT2D eigenvalue weighted by Gasteiger charge is 2.02. The Morgan fingerprint density at radius 2 is 1.15 bits per heavy atom. The number of hydrazine groups is 2. The molecule has 0 aliphatic carbocycles. The molecule has 0 saturated heterocycles. The number of nitrogens with zero attached hydrogens (tertiary/aromatic N) is 1. The molecule has 0 saturated carbocycles. The maximum atomic E-state index is 3.24. The van der Waals surface area contributed by atoms with Crippen LogP contribution in [0, 0.1) is 27.7 Å². The average Bonchev–Trinajstić information content (AvgIpc) is 2.33. The standard InChI is InChI=1S/C17H23N3/c1-12-6-13(2)9-16(8-12)18-19-20(5)17-10-14(3)7-15(4)11-17/h6-11,18-19H,1-5H3. The number of hydrogen-bond acceptors (Lipinski definition) is 3. The Labute approximate surface area is 121 Å². The van der Waals surface area contributed by atoms with E-state index < -0.39 is 0 Å². The van der Waals surface area contributed by atoms with Crippen LogP contribution in [0.1, 0.15) is 22.3 Å². The third-order valence-electron chi connectivity index (χ3n) is 3.18. The molecule has 20 heavy (non-hydrogen) atoms. The minimum Gasteiger partial charge on any atom is -0.304 e. The Bertz CT molecular complexity index is 565. The van der Waals surface area contributed by atoms with E-state index in [1.54, 1.807) is 0 Å².